The van der Waals surface area contributed by atoms with Crippen LogP contribution in [0.15, 0.2) is 48.5 Å². The highest BCUT2D eigenvalue weighted by Gasteiger charge is 2.27. The second-order valence-electron chi connectivity index (χ2n) is 6.21. The Labute approximate surface area is 161 Å². The van der Waals surface area contributed by atoms with Gasteiger partial charge in [-0.3, -0.25) is 14.9 Å². The van der Waals surface area contributed by atoms with Crippen LogP contribution in [-0.2, 0) is 16.1 Å². The summed E-state index contributed by atoms with van der Waals surface area (Å²) in [6, 6.07) is 12.0. The molecule has 142 valence electrons. The third kappa shape index (κ3) is 5.52. The maximum atomic E-state index is 12.4. The number of ether oxygens (including phenoxy) is 1. The number of nitrogens with zero attached hydrogens (tertiary/aromatic N) is 1. The number of carbonyl (C=O) groups excluding carboxylic acids is 2. The zero-order valence-corrected chi connectivity index (χ0v) is 15.6. The number of nitro groups is 1. The summed E-state index contributed by atoms with van der Waals surface area (Å²) in [5, 5.41) is 13.5. The SMILES string of the molecule is CC(C)[C@H](NC(=O)c1ccc(Cl)c([N+](=O)[O-])c1)C(=O)OCc1ccccc1. The number of nitrogens with one attached hydrogen (secondary N) is 1. The van der Waals surface area contributed by atoms with Gasteiger partial charge in [0.2, 0.25) is 0 Å². The molecule has 0 aliphatic carbocycles. The van der Waals surface area contributed by atoms with E-state index in [1.807, 2.05) is 30.3 Å². The van der Waals surface area contributed by atoms with Gasteiger partial charge in [0, 0.05) is 11.6 Å². The van der Waals surface area contributed by atoms with E-state index in [-0.39, 0.29) is 28.8 Å². The molecule has 1 N–H and O–H groups in total. The molecule has 0 radical (unpaired) electrons. The first-order chi connectivity index (χ1) is 12.8. The number of carbonyl (C=O) groups is 2. The number of hydrogen-bond acceptors (Lipinski definition) is 5. The van der Waals surface area contributed by atoms with Crippen LogP contribution in [0.25, 0.3) is 0 Å². The molecule has 0 aromatic heterocycles. The first kappa shape index (κ1) is 20.4. The molecule has 0 fully saturated rings. The predicted molar refractivity (Wildman–Crippen MR) is 100 cm³/mol. The lowest BCUT2D eigenvalue weighted by molar-refractivity contribution is -0.384. The lowest BCUT2D eigenvalue weighted by Crippen LogP contribution is -2.45. The standard InChI is InChI=1S/C19H19ClN2O5/c1-12(2)17(19(24)27-11-13-6-4-3-5-7-13)21-18(23)14-8-9-15(20)16(10-14)22(25)26/h3-10,12,17H,11H2,1-2H3,(H,21,23)/t17-/m0/s1. The number of amides is 1. The first-order valence-electron chi connectivity index (χ1n) is 8.25. The minimum Gasteiger partial charge on any atom is -0.459 e. The monoisotopic (exact) mass is 390 g/mol. The van der Waals surface area contributed by atoms with Crippen LogP contribution >= 0.6 is 11.6 Å². The van der Waals surface area contributed by atoms with Gasteiger partial charge in [-0.05, 0) is 23.6 Å². The van der Waals surface area contributed by atoms with Crippen LogP contribution in [-0.4, -0.2) is 22.8 Å². The first-order valence-corrected chi connectivity index (χ1v) is 8.62. The van der Waals surface area contributed by atoms with E-state index in [0.717, 1.165) is 11.6 Å². The van der Waals surface area contributed by atoms with E-state index < -0.39 is 22.8 Å². The highest BCUT2D eigenvalue weighted by Crippen LogP contribution is 2.25. The second kappa shape index (κ2) is 9.14. The number of halogens is 1. The van der Waals surface area contributed by atoms with E-state index in [2.05, 4.69) is 5.32 Å². The van der Waals surface area contributed by atoms with Gasteiger partial charge in [0.1, 0.15) is 17.7 Å². The van der Waals surface area contributed by atoms with Crippen LogP contribution in [0, 0.1) is 16.0 Å². The van der Waals surface area contributed by atoms with Gasteiger partial charge in [0.05, 0.1) is 4.92 Å². The Bertz CT molecular complexity index is 839. The van der Waals surface area contributed by atoms with Crippen molar-refractivity contribution in [1.82, 2.24) is 5.32 Å². The normalized spacial score (nSPS) is 11.7. The van der Waals surface area contributed by atoms with Crippen molar-refractivity contribution >= 4 is 29.2 Å². The summed E-state index contributed by atoms with van der Waals surface area (Å²) in [6.45, 7) is 3.61. The maximum Gasteiger partial charge on any atom is 0.329 e. The Morgan fingerprint density at radius 3 is 2.44 bits per heavy atom. The van der Waals surface area contributed by atoms with Crippen LogP contribution in [0.1, 0.15) is 29.8 Å². The van der Waals surface area contributed by atoms with Gasteiger partial charge in [0.15, 0.2) is 0 Å². The Hall–Kier alpha value is -2.93. The fraction of sp³-hybridized carbons (Fsp3) is 0.263. The largest absolute Gasteiger partial charge is 0.459 e. The maximum absolute atomic E-state index is 12.4. The molecule has 2 rings (SSSR count). The van der Waals surface area contributed by atoms with Crippen LogP contribution in [0.2, 0.25) is 5.02 Å². The highest BCUT2D eigenvalue weighted by molar-refractivity contribution is 6.32. The third-order valence-corrected chi connectivity index (χ3v) is 4.16. The molecule has 0 aliphatic heterocycles. The summed E-state index contributed by atoms with van der Waals surface area (Å²) >= 11 is 5.75. The molecule has 0 saturated heterocycles. The van der Waals surface area contributed by atoms with Gasteiger partial charge in [-0.2, -0.15) is 0 Å². The lowest BCUT2D eigenvalue weighted by atomic mass is 10.0. The summed E-state index contributed by atoms with van der Waals surface area (Å²) in [6.07, 6.45) is 0. The van der Waals surface area contributed by atoms with Crippen molar-refractivity contribution in [1.29, 1.82) is 0 Å². The number of hydrogen-bond donors (Lipinski definition) is 1. The Morgan fingerprint density at radius 2 is 1.85 bits per heavy atom. The average molecular weight is 391 g/mol. The topological polar surface area (TPSA) is 98.5 Å². The quantitative estimate of drug-likeness (QED) is 0.441. The minimum atomic E-state index is -0.893. The summed E-state index contributed by atoms with van der Waals surface area (Å²) < 4.78 is 5.29. The molecule has 0 bridgehead atoms. The highest BCUT2D eigenvalue weighted by atomic mass is 35.5. The van der Waals surface area contributed by atoms with Crippen LogP contribution < -0.4 is 5.32 Å². The molecule has 0 spiro atoms. The summed E-state index contributed by atoms with van der Waals surface area (Å²) in [5.74, 6) is -1.43. The molecule has 8 heteroatoms. The number of benzene rings is 2. The van der Waals surface area contributed by atoms with E-state index in [9.17, 15) is 19.7 Å². The van der Waals surface area contributed by atoms with Gasteiger partial charge in [0.25, 0.3) is 11.6 Å². The van der Waals surface area contributed by atoms with E-state index >= 15 is 0 Å². The zero-order valence-electron chi connectivity index (χ0n) is 14.8. The molecule has 0 unspecified atom stereocenters. The molecular formula is C19H19ClN2O5. The third-order valence-electron chi connectivity index (χ3n) is 3.84. The Balaban J connectivity index is 2.08. The summed E-state index contributed by atoms with van der Waals surface area (Å²) in [4.78, 5) is 35.1. The molecule has 27 heavy (non-hydrogen) atoms. The molecule has 1 amide bonds. The smallest absolute Gasteiger partial charge is 0.329 e. The second-order valence-corrected chi connectivity index (χ2v) is 6.62. The van der Waals surface area contributed by atoms with Crippen LogP contribution in [0.3, 0.4) is 0 Å². The van der Waals surface area contributed by atoms with E-state index in [1.165, 1.54) is 12.1 Å². The van der Waals surface area contributed by atoms with Crippen LogP contribution in [0.5, 0.6) is 0 Å². The van der Waals surface area contributed by atoms with Crippen molar-refractivity contribution in [2.45, 2.75) is 26.5 Å². The van der Waals surface area contributed by atoms with E-state index in [0.29, 0.717) is 0 Å². The average Bonchev–Trinajstić information content (AvgIpc) is 2.64. The van der Waals surface area contributed by atoms with Crippen molar-refractivity contribution in [3.8, 4) is 0 Å². The van der Waals surface area contributed by atoms with Gasteiger partial charge in [-0.15, -0.1) is 0 Å². The molecule has 0 saturated carbocycles. The lowest BCUT2D eigenvalue weighted by Gasteiger charge is -2.21. The van der Waals surface area contributed by atoms with Crippen molar-refractivity contribution in [2.75, 3.05) is 0 Å². The van der Waals surface area contributed by atoms with Crippen molar-refractivity contribution < 1.29 is 19.2 Å². The van der Waals surface area contributed by atoms with Crippen molar-refractivity contribution in [3.63, 3.8) is 0 Å². The Kier molecular flexibility index (Phi) is 6.90. The van der Waals surface area contributed by atoms with E-state index in [4.69, 9.17) is 16.3 Å². The predicted octanol–water partition coefficient (Wildman–Crippen LogP) is 3.75. The summed E-state index contributed by atoms with van der Waals surface area (Å²) in [5.41, 5.74) is 0.484. The molecule has 2 aromatic rings. The minimum absolute atomic E-state index is 0.0348. The molecular weight excluding hydrogens is 372 g/mol. The number of rotatable bonds is 7. The fourth-order valence-corrected chi connectivity index (χ4v) is 2.52. The van der Waals surface area contributed by atoms with Crippen molar-refractivity contribution in [2.24, 2.45) is 5.92 Å². The summed E-state index contributed by atoms with van der Waals surface area (Å²) in [7, 11) is 0. The number of nitro benzene ring substituents is 1. The van der Waals surface area contributed by atoms with E-state index in [1.54, 1.807) is 13.8 Å². The van der Waals surface area contributed by atoms with Gasteiger partial charge < -0.3 is 10.1 Å². The number of esters is 1. The zero-order chi connectivity index (χ0) is 20.0. The molecule has 7 nitrogen and oxygen atoms in total. The van der Waals surface area contributed by atoms with Crippen molar-refractivity contribution in [3.05, 3.63) is 74.8 Å². The van der Waals surface area contributed by atoms with Gasteiger partial charge in [-0.1, -0.05) is 55.8 Å². The van der Waals surface area contributed by atoms with Gasteiger partial charge in [-0.25, -0.2) is 4.79 Å². The molecule has 2 aromatic carbocycles. The molecule has 0 heterocycles. The fourth-order valence-electron chi connectivity index (χ4n) is 2.33. The molecule has 1 atom stereocenters. The molecule has 0 aliphatic rings. The Morgan fingerprint density at radius 1 is 1.19 bits per heavy atom. The van der Waals surface area contributed by atoms with Gasteiger partial charge >= 0.3 is 5.97 Å². The van der Waals surface area contributed by atoms with Crippen LogP contribution in [0.4, 0.5) is 5.69 Å².